The molecule has 0 fully saturated rings. The predicted molar refractivity (Wildman–Crippen MR) is 114 cm³/mol. The maximum Gasteiger partial charge on any atom is 0.345 e. The standard InChI is InChI=1S/C22H23NO4S/c1-4-27-22(26)21(20(25)14-12-18-6-5-15-28-18)19(24)13-9-16-7-10-17(11-8-16)23(2)3/h5-15,24H,4H2,1-3H3/b13-9+,14-12+,21-19+. The van der Waals surface area contributed by atoms with Crippen molar-refractivity contribution in [3.8, 4) is 0 Å². The Hall–Kier alpha value is -3.12. The van der Waals surface area contributed by atoms with E-state index < -0.39 is 23.1 Å². The van der Waals surface area contributed by atoms with Crippen molar-refractivity contribution in [1.82, 2.24) is 0 Å². The molecule has 0 amide bonds. The number of anilines is 1. The van der Waals surface area contributed by atoms with E-state index in [9.17, 15) is 14.7 Å². The summed E-state index contributed by atoms with van der Waals surface area (Å²) in [6, 6.07) is 11.3. The number of esters is 1. The molecule has 146 valence electrons. The number of ketones is 1. The molecule has 0 unspecified atom stereocenters. The van der Waals surface area contributed by atoms with Crippen LogP contribution >= 0.6 is 11.3 Å². The van der Waals surface area contributed by atoms with Crippen molar-refractivity contribution in [2.75, 3.05) is 25.6 Å². The summed E-state index contributed by atoms with van der Waals surface area (Å²) >= 11 is 1.46. The van der Waals surface area contributed by atoms with Crippen molar-refractivity contribution >= 4 is 40.9 Å². The molecule has 2 aromatic rings. The highest BCUT2D eigenvalue weighted by Crippen LogP contribution is 2.16. The lowest BCUT2D eigenvalue weighted by atomic mass is 10.1. The van der Waals surface area contributed by atoms with E-state index >= 15 is 0 Å². The maximum atomic E-state index is 12.5. The summed E-state index contributed by atoms with van der Waals surface area (Å²) in [6.07, 6.45) is 5.81. The molecule has 0 aliphatic carbocycles. The molecule has 28 heavy (non-hydrogen) atoms. The molecular weight excluding hydrogens is 374 g/mol. The maximum absolute atomic E-state index is 12.5. The summed E-state index contributed by atoms with van der Waals surface area (Å²) < 4.78 is 4.93. The summed E-state index contributed by atoms with van der Waals surface area (Å²) in [6.45, 7) is 1.74. The molecule has 0 atom stereocenters. The van der Waals surface area contributed by atoms with Crippen LogP contribution in [0.5, 0.6) is 0 Å². The first-order chi connectivity index (χ1) is 13.4. The SMILES string of the molecule is CCOC(=O)/C(C(=O)/C=C/c1cccs1)=C(O)\C=C\c1ccc(N(C)C)cc1. The van der Waals surface area contributed by atoms with Gasteiger partial charge in [-0.25, -0.2) is 4.79 Å². The second-order valence-corrected chi connectivity index (χ2v) is 6.99. The zero-order valence-corrected chi connectivity index (χ0v) is 16.9. The first kappa shape index (κ1) is 21.2. The van der Waals surface area contributed by atoms with Crippen LogP contribution in [0.15, 0.2) is 65.3 Å². The predicted octanol–water partition coefficient (Wildman–Crippen LogP) is 4.49. The Kier molecular flexibility index (Phi) is 7.77. The fraction of sp³-hybridized carbons (Fsp3) is 0.182. The summed E-state index contributed by atoms with van der Waals surface area (Å²) in [7, 11) is 3.89. The van der Waals surface area contributed by atoms with Crippen LogP contribution in [-0.4, -0.2) is 37.6 Å². The monoisotopic (exact) mass is 397 g/mol. The van der Waals surface area contributed by atoms with Crippen molar-refractivity contribution < 1.29 is 19.4 Å². The molecular formula is C22H23NO4S. The summed E-state index contributed by atoms with van der Waals surface area (Å²) in [5, 5.41) is 12.3. The lowest BCUT2D eigenvalue weighted by Crippen LogP contribution is -2.16. The number of aliphatic hydroxyl groups excluding tert-OH is 1. The number of thiophene rings is 1. The minimum Gasteiger partial charge on any atom is -0.507 e. The highest BCUT2D eigenvalue weighted by atomic mass is 32.1. The van der Waals surface area contributed by atoms with E-state index in [0.29, 0.717) is 0 Å². The van der Waals surface area contributed by atoms with Crippen LogP contribution in [0.1, 0.15) is 17.4 Å². The Balaban J connectivity index is 2.27. The van der Waals surface area contributed by atoms with Crippen molar-refractivity contribution in [1.29, 1.82) is 0 Å². The largest absolute Gasteiger partial charge is 0.507 e. The van der Waals surface area contributed by atoms with Gasteiger partial charge >= 0.3 is 5.97 Å². The zero-order valence-electron chi connectivity index (χ0n) is 16.1. The number of carbonyl (C=O) groups is 2. The van der Waals surface area contributed by atoms with Gasteiger partial charge in [-0.2, -0.15) is 0 Å². The number of aliphatic hydroxyl groups is 1. The number of rotatable bonds is 8. The van der Waals surface area contributed by atoms with Gasteiger partial charge in [0, 0.05) is 24.7 Å². The molecule has 0 radical (unpaired) electrons. The molecule has 2 rings (SSSR count). The second-order valence-electron chi connectivity index (χ2n) is 6.01. The van der Waals surface area contributed by atoms with E-state index in [2.05, 4.69) is 0 Å². The van der Waals surface area contributed by atoms with E-state index in [4.69, 9.17) is 4.74 Å². The third kappa shape index (κ3) is 5.96. The van der Waals surface area contributed by atoms with E-state index in [1.165, 1.54) is 23.5 Å². The third-order valence-electron chi connectivity index (χ3n) is 3.77. The quantitative estimate of drug-likeness (QED) is 0.178. The summed E-state index contributed by atoms with van der Waals surface area (Å²) in [5.41, 5.74) is 1.47. The average molecular weight is 397 g/mol. The molecule has 0 aliphatic heterocycles. The number of carbonyl (C=O) groups excluding carboxylic acids is 2. The van der Waals surface area contributed by atoms with Crippen molar-refractivity contribution in [3.05, 3.63) is 75.7 Å². The van der Waals surface area contributed by atoms with Gasteiger partial charge in [0.05, 0.1) is 6.61 Å². The molecule has 1 heterocycles. The van der Waals surface area contributed by atoms with Gasteiger partial charge in [0.25, 0.3) is 0 Å². The molecule has 6 heteroatoms. The molecule has 0 aliphatic rings. The zero-order chi connectivity index (χ0) is 20.5. The molecule has 5 nitrogen and oxygen atoms in total. The van der Waals surface area contributed by atoms with Crippen molar-refractivity contribution in [3.63, 3.8) is 0 Å². The Morgan fingerprint density at radius 2 is 1.82 bits per heavy atom. The number of hydrogen-bond donors (Lipinski definition) is 1. The number of ether oxygens (including phenoxy) is 1. The number of benzene rings is 1. The van der Waals surface area contributed by atoms with Crippen LogP contribution in [0, 0.1) is 0 Å². The summed E-state index contributed by atoms with van der Waals surface area (Å²) in [4.78, 5) is 27.5. The molecule has 0 saturated carbocycles. The Morgan fingerprint density at radius 1 is 1.11 bits per heavy atom. The highest BCUT2D eigenvalue weighted by molar-refractivity contribution is 7.10. The highest BCUT2D eigenvalue weighted by Gasteiger charge is 2.21. The Bertz CT molecular complexity index is 891. The third-order valence-corrected chi connectivity index (χ3v) is 4.60. The van der Waals surface area contributed by atoms with Gasteiger partial charge in [-0.3, -0.25) is 4.79 Å². The number of hydrogen-bond acceptors (Lipinski definition) is 6. The minimum absolute atomic E-state index is 0.104. The van der Waals surface area contributed by atoms with Crippen molar-refractivity contribution in [2.45, 2.75) is 6.92 Å². The lowest BCUT2D eigenvalue weighted by molar-refractivity contribution is -0.139. The molecule has 1 aromatic carbocycles. The van der Waals surface area contributed by atoms with E-state index in [1.54, 1.807) is 19.1 Å². The molecule has 0 saturated heterocycles. The van der Waals surface area contributed by atoms with Crippen LogP contribution < -0.4 is 4.90 Å². The van der Waals surface area contributed by atoms with Gasteiger partial charge in [-0.15, -0.1) is 11.3 Å². The smallest absolute Gasteiger partial charge is 0.345 e. The molecule has 1 aromatic heterocycles. The van der Waals surface area contributed by atoms with E-state index in [-0.39, 0.29) is 6.61 Å². The van der Waals surface area contributed by atoms with Gasteiger partial charge in [0.15, 0.2) is 5.78 Å². The normalized spacial score (nSPS) is 12.2. The topological polar surface area (TPSA) is 66.8 Å². The van der Waals surface area contributed by atoms with E-state index in [0.717, 1.165) is 16.1 Å². The van der Waals surface area contributed by atoms with Crippen LogP contribution in [0.3, 0.4) is 0 Å². The Labute approximate surface area is 168 Å². The number of allylic oxidation sites excluding steroid dienone is 2. The van der Waals surface area contributed by atoms with Gasteiger partial charge in [0.1, 0.15) is 11.3 Å². The lowest BCUT2D eigenvalue weighted by Gasteiger charge is -2.11. The fourth-order valence-electron chi connectivity index (χ4n) is 2.30. The van der Waals surface area contributed by atoms with Crippen LogP contribution in [0.4, 0.5) is 5.69 Å². The van der Waals surface area contributed by atoms with Gasteiger partial charge in [-0.1, -0.05) is 24.3 Å². The number of nitrogens with zero attached hydrogens (tertiary/aromatic N) is 1. The fourth-order valence-corrected chi connectivity index (χ4v) is 2.92. The van der Waals surface area contributed by atoms with Crippen LogP contribution in [0.2, 0.25) is 0 Å². The first-order valence-electron chi connectivity index (χ1n) is 8.74. The summed E-state index contributed by atoms with van der Waals surface area (Å²) in [5.74, 6) is -1.90. The van der Waals surface area contributed by atoms with Gasteiger partial charge < -0.3 is 14.7 Å². The second kappa shape index (κ2) is 10.3. The van der Waals surface area contributed by atoms with Crippen LogP contribution in [0.25, 0.3) is 12.2 Å². The average Bonchev–Trinajstić information content (AvgIpc) is 3.19. The molecule has 0 bridgehead atoms. The first-order valence-corrected chi connectivity index (χ1v) is 9.62. The molecule has 0 spiro atoms. The van der Waals surface area contributed by atoms with Crippen molar-refractivity contribution in [2.24, 2.45) is 0 Å². The Morgan fingerprint density at radius 3 is 2.39 bits per heavy atom. The molecule has 1 N–H and O–H groups in total. The van der Waals surface area contributed by atoms with Gasteiger partial charge in [0.2, 0.25) is 0 Å². The van der Waals surface area contributed by atoms with Gasteiger partial charge in [-0.05, 0) is 54.3 Å². The van der Waals surface area contributed by atoms with Crippen LogP contribution in [-0.2, 0) is 14.3 Å². The van der Waals surface area contributed by atoms with E-state index in [1.807, 2.05) is 60.8 Å². The minimum atomic E-state index is -0.853.